The SMILES string of the molecule is Cc1cccc(=O)n1CCCCNC(=O)N1CCSC(C)(C)C1. The van der Waals surface area contributed by atoms with E-state index in [1.54, 1.807) is 16.7 Å². The van der Waals surface area contributed by atoms with E-state index in [1.807, 2.05) is 29.7 Å². The molecule has 128 valence electrons. The molecule has 0 atom stereocenters. The van der Waals surface area contributed by atoms with E-state index >= 15 is 0 Å². The zero-order valence-corrected chi connectivity index (χ0v) is 15.1. The summed E-state index contributed by atoms with van der Waals surface area (Å²) in [6, 6.07) is 5.35. The summed E-state index contributed by atoms with van der Waals surface area (Å²) in [6.45, 7) is 9.27. The van der Waals surface area contributed by atoms with Crippen LogP contribution in [-0.4, -0.2) is 45.6 Å². The van der Waals surface area contributed by atoms with Crippen LogP contribution in [-0.2, 0) is 6.54 Å². The lowest BCUT2D eigenvalue weighted by Gasteiger charge is -2.37. The summed E-state index contributed by atoms with van der Waals surface area (Å²) in [6.07, 6.45) is 1.75. The highest BCUT2D eigenvalue weighted by atomic mass is 32.2. The van der Waals surface area contributed by atoms with Crippen LogP contribution in [0, 0.1) is 6.92 Å². The average molecular weight is 337 g/mol. The van der Waals surface area contributed by atoms with Gasteiger partial charge in [-0.25, -0.2) is 4.79 Å². The molecule has 2 amide bonds. The molecule has 5 nitrogen and oxygen atoms in total. The molecule has 6 heteroatoms. The van der Waals surface area contributed by atoms with Crippen LogP contribution >= 0.6 is 11.8 Å². The summed E-state index contributed by atoms with van der Waals surface area (Å²) in [5.74, 6) is 0.997. The third kappa shape index (κ3) is 5.30. The smallest absolute Gasteiger partial charge is 0.317 e. The number of aryl methyl sites for hydroxylation is 1. The summed E-state index contributed by atoms with van der Waals surface area (Å²) >= 11 is 1.92. The van der Waals surface area contributed by atoms with Crippen molar-refractivity contribution in [2.75, 3.05) is 25.4 Å². The van der Waals surface area contributed by atoms with Crippen molar-refractivity contribution in [1.82, 2.24) is 14.8 Å². The topological polar surface area (TPSA) is 54.3 Å². The van der Waals surface area contributed by atoms with Crippen molar-refractivity contribution in [1.29, 1.82) is 0 Å². The van der Waals surface area contributed by atoms with E-state index < -0.39 is 0 Å². The first-order valence-electron chi connectivity index (χ1n) is 8.22. The van der Waals surface area contributed by atoms with Gasteiger partial charge in [0.15, 0.2) is 0 Å². The first kappa shape index (κ1) is 17.9. The molecule has 0 radical (unpaired) electrons. The maximum Gasteiger partial charge on any atom is 0.317 e. The average Bonchev–Trinajstić information content (AvgIpc) is 2.48. The van der Waals surface area contributed by atoms with Crippen molar-refractivity contribution in [3.05, 3.63) is 34.2 Å². The number of amides is 2. The quantitative estimate of drug-likeness (QED) is 0.840. The molecule has 0 saturated carbocycles. The number of pyridine rings is 1. The minimum atomic E-state index is 0.0337. The molecule has 1 aromatic rings. The molecule has 1 fully saturated rings. The van der Waals surface area contributed by atoms with Crippen molar-refractivity contribution < 1.29 is 4.79 Å². The van der Waals surface area contributed by atoms with E-state index in [-0.39, 0.29) is 16.3 Å². The summed E-state index contributed by atoms with van der Waals surface area (Å²) in [5, 5.41) is 3.00. The Morgan fingerprint density at radius 3 is 2.83 bits per heavy atom. The van der Waals surface area contributed by atoms with E-state index in [9.17, 15) is 9.59 Å². The molecule has 1 aromatic heterocycles. The summed E-state index contributed by atoms with van der Waals surface area (Å²) in [7, 11) is 0. The third-order valence-corrected chi connectivity index (χ3v) is 5.36. The van der Waals surface area contributed by atoms with E-state index in [4.69, 9.17) is 0 Å². The lowest BCUT2D eigenvalue weighted by atomic mass is 10.2. The maximum atomic E-state index is 12.2. The second-order valence-electron chi connectivity index (χ2n) is 6.63. The Labute approximate surface area is 142 Å². The highest BCUT2D eigenvalue weighted by molar-refractivity contribution is 8.00. The predicted octanol–water partition coefficient (Wildman–Crippen LogP) is 2.47. The highest BCUT2D eigenvalue weighted by Crippen LogP contribution is 2.29. The molecule has 0 aromatic carbocycles. The largest absolute Gasteiger partial charge is 0.338 e. The van der Waals surface area contributed by atoms with Crippen LogP contribution in [0.3, 0.4) is 0 Å². The van der Waals surface area contributed by atoms with Crippen LogP contribution in [0.5, 0.6) is 0 Å². The molecule has 0 aliphatic carbocycles. The zero-order chi connectivity index (χ0) is 16.9. The van der Waals surface area contributed by atoms with Crippen molar-refractivity contribution in [3.8, 4) is 0 Å². The predicted molar refractivity (Wildman–Crippen MR) is 96.2 cm³/mol. The van der Waals surface area contributed by atoms with E-state index in [1.165, 1.54) is 0 Å². The number of aromatic nitrogens is 1. The maximum absolute atomic E-state index is 12.2. The van der Waals surface area contributed by atoms with E-state index in [2.05, 4.69) is 19.2 Å². The van der Waals surface area contributed by atoms with Crippen LogP contribution in [0.1, 0.15) is 32.4 Å². The van der Waals surface area contributed by atoms with Gasteiger partial charge >= 0.3 is 6.03 Å². The molecular weight excluding hydrogens is 310 g/mol. The minimum Gasteiger partial charge on any atom is -0.338 e. The molecule has 2 heterocycles. The van der Waals surface area contributed by atoms with Gasteiger partial charge in [-0.3, -0.25) is 4.79 Å². The number of rotatable bonds is 5. The summed E-state index contributed by atoms with van der Waals surface area (Å²) in [4.78, 5) is 25.8. The van der Waals surface area contributed by atoms with Gasteiger partial charge in [-0.15, -0.1) is 0 Å². The van der Waals surface area contributed by atoms with Crippen LogP contribution in [0.4, 0.5) is 4.79 Å². The van der Waals surface area contributed by atoms with Gasteiger partial charge in [-0.1, -0.05) is 6.07 Å². The number of nitrogens with one attached hydrogen (secondary N) is 1. The molecule has 1 saturated heterocycles. The monoisotopic (exact) mass is 337 g/mol. The fraction of sp³-hybridized carbons (Fsp3) is 0.647. The zero-order valence-electron chi connectivity index (χ0n) is 14.3. The van der Waals surface area contributed by atoms with Gasteiger partial charge in [0.1, 0.15) is 0 Å². The minimum absolute atomic E-state index is 0.0337. The first-order chi connectivity index (χ1) is 10.9. The summed E-state index contributed by atoms with van der Waals surface area (Å²) in [5.41, 5.74) is 1.02. The second kappa shape index (κ2) is 7.90. The molecule has 0 unspecified atom stereocenters. The first-order valence-corrected chi connectivity index (χ1v) is 9.21. The summed E-state index contributed by atoms with van der Waals surface area (Å²) < 4.78 is 1.92. The Morgan fingerprint density at radius 2 is 2.13 bits per heavy atom. The Morgan fingerprint density at radius 1 is 1.35 bits per heavy atom. The Bertz CT molecular complexity index is 598. The molecule has 1 aliphatic heterocycles. The van der Waals surface area contributed by atoms with Crippen molar-refractivity contribution in [3.63, 3.8) is 0 Å². The second-order valence-corrected chi connectivity index (χ2v) is 8.43. The van der Waals surface area contributed by atoms with Gasteiger partial charge in [0.2, 0.25) is 0 Å². The van der Waals surface area contributed by atoms with Crippen molar-refractivity contribution >= 4 is 17.8 Å². The number of carbonyl (C=O) groups is 1. The van der Waals surface area contributed by atoms with Gasteiger partial charge in [0.05, 0.1) is 0 Å². The standard InChI is InChI=1S/C17H27N3O2S/c1-14-7-6-8-15(21)20(14)10-5-4-9-18-16(22)19-11-12-23-17(2,3)13-19/h6-8H,4-5,9-13H2,1-3H3,(H,18,22). The van der Waals surface area contributed by atoms with Gasteiger partial charge in [-0.2, -0.15) is 11.8 Å². The molecule has 2 rings (SSSR count). The number of unbranched alkanes of at least 4 members (excludes halogenated alkanes) is 1. The molecule has 23 heavy (non-hydrogen) atoms. The Balaban J connectivity index is 1.69. The number of nitrogens with zero attached hydrogens (tertiary/aromatic N) is 2. The van der Waals surface area contributed by atoms with Crippen molar-refractivity contribution in [2.24, 2.45) is 0 Å². The highest BCUT2D eigenvalue weighted by Gasteiger charge is 2.29. The van der Waals surface area contributed by atoms with E-state index in [0.717, 1.165) is 37.4 Å². The van der Waals surface area contributed by atoms with Gasteiger partial charge in [0.25, 0.3) is 5.56 Å². The van der Waals surface area contributed by atoms with Gasteiger partial charge in [-0.05, 0) is 39.7 Å². The number of thioether (sulfide) groups is 1. The van der Waals surface area contributed by atoms with Crippen LogP contribution in [0.15, 0.2) is 23.0 Å². The number of hydrogen-bond acceptors (Lipinski definition) is 3. The van der Waals surface area contributed by atoms with E-state index in [0.29, 0.717) is 13.1 Å². The number of carbonyl (C=O) groups excluding carboxylic acids is 1. The number of hydrogen-bond donors (Lipinski definition) is 1. The third-order valence-electron chi connectivity index (χ3n) is 4.07. The molecule has 0 bridgehead atoms. The Kier molecular flexibility index (Phi) is 6.16. The normalized spacial score (nSPS) is 17.1. The lowest BCUT2D eigenvalue weighted by molar-refractivity contribution is 0.194. The fourth-order valence-electron chi connectivity index (χ4n) is 2.80. The van der Waals surface area contributed by atoms with Gasteiger partial charge in [0, 0.05) is 48.4 Å². The molecule has 0 spiro atoms. The van der Waals surface area contributed by atoms with Gasteiger partial charge < -0.3 is 14.8 Å². The molecular formula is C17H27N3O2S. The van der Waals surface area contributed by atoms with Crippen LogP contribution < -0.4 is 10.9 Å². The van der Waals surface area contributed by atoms with Crippen molar-refractivity contribution in [2.45, 2.75) is 44.9 Å². The number of urea groups is 1. The Hall–Kier alpha value is -1.43. The van der Waals surface area contributed by atoms with Crippen LogP contribution in [0.2, 0.25) is 0 Å². The molecule has 1 aliphatic rings. The fourth-order valence-corrected chi connectivity index (χ4v) is 3.91. The molecule has 1 N–H and O–H groups in total. The lowest BCUT2D eigenvalue weighted by Crippen LogP contribution is -2.50. The van der Waals surface area contributed by atoms with Crippen LogP contribution in [0.25, 0.3) is 0 Å².